The molecule has 0 bridgehead atoms. The van der Waals surface area contributed by atoms with Crippen molar-refractivity contribution < 1.29 is 19.8 Å². The molecule has 0 aromatic heterocycles. The van der Waals surface area contributed by atoms with E-state index >= 15 is 0 Å². The summed E-state index contributed by atoms with van der Waals surface area (Å²) in [6, 6.07) is 5.06. The van der Waals surface area contributed by atoms with Crippen molar-refractivity contribution in [2.45, 2.75) is 31.7 Å². The summed E-state index contributed by atoms with van der Waals surface area (Å²) in [5.41, 5.74) is 1.08. The lowest BCUT2D eigenvalue weighted by molar-refractivity contribution is -0.116. The maximum Gasteiger partial charge on any atom is 0.251 e. The third-order valence-electron chi connectivity index (χ3n) is 3.92. The summed E-state index contributed by atoms with van der Waals surface area (Å²) < 4.78 is 0. The van der Waals surface area contributed by atoms with Crippen molar-refractivity contribution in [2.75, 3.05) is 18.5 Å². The zero-order chi connectivity index (χ0) is 15.5. The standard InChI is InChI=1S/C15H20N2O4/c1-2-15(8-18,9-19)17-14(21)11-3-5-12-10(7-11)4-6-13(20)16-12/h3,5,7,18-19H,2,4,6,8-9H2,1H3,(H,16,20)(H,17,21). The molecular weight excluding hydrogens is 272 g/mol. The summed E-state index contributed by atoms with van der Waals surface area (Å²) >= 11 is 0. The van der Waals surface area contributed by atoms with Crippen LogP contribution in [0.25, 0.3) is 0 Å². The highest BCUT2D eigenvalue weighted by atomic mass is 16.3. The van der Waals surface area contributed by atoms with Gasteiger partial charge < -0.3 is 20.8 Å². The van der Waals surface area contributed by atoms with Crippen LogP contribution in [0.3, 0.4) is 0 Å². The molecule has 0 spiro atoms. The average Bonchev–Trinajstić information content (AvgIpc) is 2.52. The topological polar surface area (TPSA) is 98.7 Å². The minimum absolute atomic E-state index is 0.0229. The van der Waals surface area contributed by atoms with Crippen molar-refractivity contribution in [3.63, 3.8) is 0 Å². The van der Waals surface area contributed by atoms with Crippen molar-refractivity contribution in [1.82, 2.24) is 5.32 Å². The first-order valence-electron chi connectivity index (χ1n) is 7.00. The second kappa shape index (κ2) is 6.24. The highest BCUT2D eigenvalue weighted by molar-refractivity contribution is 5.98. The van der Waals surface area contributed by atoms with Crippen LogP contribution in [0, 0.1) is 0 Å². The monoisotopic (exact) mass is 292 g/mol. The van der Waals surface area contributed by atoms with Gasteiger partial charge in [0.05, 0.1) is 18.8 Å². The van der Waals surface area contributed by atoms with E-state index in [2.05, 4.69) is 10.6 Å². The van der Waals surface area contributed by atoms with Gasteiger partial charge in [-0.25, -0.2) is 0 Å². The lowest BCUT2D eigenvalue weighted by Crippen LogP contribution is -2.53. The molecule has 0 fully saturated rings. The quantitative estimate of drug-likeness (QED) is 0.632. The zero-order valence-electron chi connectivity index (χ0n) is 12.0. The number of rotatable bonds is 5. The minimum atomic E-state index is -1.01. The molecule has 0 unspecified atom stereocenters. The summed E-state index contributed by atoms with van der Waals surface area (Å²) in [5, 5.41) is 24.2. The maximum absolute atomic E-state index is 12.3. The van der Waals surface area contributed by atoms with Crippen molar-refractivity contribution >= 4 is 17.5 Å². The number of hydrogen-bond donors (Lipinski definition) is 4. The summed E-state index contributed by atoms with van der Waals surface area (Å²) in [6.45, 7) is 1.13. The molecule has 21 heavy (non-hydrogen) atoms. The third-order valence-corrected chi connectivity index (χ3v) is 3.92. The number of amides is 2. The molecule has 114 valence electrons. The fourth-order valence-corrected chi connectivity index (χ4v) is 2.28. The molecule has 2 amide bonds. The van der Waals surface area contributed by atoms with E-state index in [1.54, 1.807) is 25.1 Å². The summed E-state index contributed by atoms with van der Waals surface area (Å²) in [6.07, 6.45) is 1.43. The van der Waals surface area contributed by atoms with E-state index < -0.39 is 5.54 Å². The summed E-state index contributed by atoms with van der Waals surface area (Å²) in [5.74, 6) is -0.370. The number of aliphatic hydroxyl groups is 2. The van der Waals surface area contributed by atoms with Crippen LogP contribution >= 0.6 is 0 Å². The van der Waals surface area contributed by atoms with E-state index in [1.165, 1.54) is 0 Å². The Labute approximate surface area is 123 Å². The Kier molecular flexibility index (Phi) is 4.59. The smallest absolute Gasteiger partial charge is 0.251 e. The van der Waals surface area contributed by atoms with Gasteiger partial charge in [0.25, 0.3) is 5.91 Å². The molecule has 0 atom stereocenters. The highest BCUT2D eigenvalue weighted by Gasteiger charge is 2.29. The number of carbonyl (C=O) groups is 2. The first-order valence-corrected chi connectivity index (χ1v) is 7.00. The number of benzene rings is 1. The molecule has 1 aliphatic heterocycles. The van der Waals surface area contributed by atoms with Gasteiger partial charge in [-0.3, -0.25) is 9.59 Å². The minimum Gasteiger partial charge on any atom is -0.394 e. The van der Waals surface area contributed by atoms with Gasteiger partial charge in [-0.2, -0.15) is 0 Å². The second-order valence-electron chi connectivity index (χ2n) is 5.32. The van der Waals surface area contributed by atoms with Crippen LogP contribution in [0.2, 0.25) is 0 Å². The lowest BCUT2D eigenvalue weighted by Gasteiger charge is -2.30. The van der Waals surface area contributed by atoms with Gasteiger partial charge in [0.2, 0.25) is 5.91 Å². The molecule has 1 aromatic carbocycles. The van der Waals surface area contributed by atoms with Gasteiger partial charge >= 0.3 is 0 Å². The highest BCUT2D eigenvalue weighted by Crippen LogP contribution is 2.24. The number of carbonyl (C=O) groups excluding carboxylic acids is 2. The Hall–Kier alpha value is -1.92. The van der Waals surface area contributed by atoms with Gasteiger partial charge in [-0.1, -0.05) is 6.92 Å². The van der Waals surface area contributed by atoms with E-state index in [9.17, 15) is 19.8 Å². The number of hydrogen-bond acceptors (Lipinski definition) is 4. The van der Waals surface area contributed by atoms with Gasteiger partial charge in [-0.15, -0.1) is 0 Å². The van der Waals surface area contributed by atoms with E-state index in [0.717, 1.165) is 11.3 Å². The molecule has 1 heterocycles. The van der Waals surface area contributed by atoms with Gasteiger partial charge in [0, 0.05) is 17.7 Å². The van der Waals surface area contributed by atoms with Crippen LogP contribution in [0.1, 0.15) is 35.7 Å². The number of aryl methyl sites for hydroxylation is 1. The Balaban J connectivity index is 2.19. The lowest BCUT2D eigenvalue weighted by atomic mass is 9.96. The van der Waals surface area contributed by atoms with Crippen LogP contribution in [0.5, 0.6) is 0 Å². The van der Waals surface area contributed by atoms with E-state index in [-0.39, 0.29) is 25.0 Å². The second-order valence-corrected chi connectivity index (χ2v) is 5.32. The molecular formula is C15H20N2O4. The molecule has 6 nitrogen and oxygen atoms in total. The molecule has 0 saturated heterocycles. The molecule has 4 N–H and O–H groups in total. The summed E-state index contributed by atoms with van der Waals surface area (Å²) in [4.78, 5) is 23.6. The van der Waals surface area contributed by atoms with Crippen LogP contribution in [-0.2, 0) is 11.2 Å². The van der Waals surface area contributed by atoms with E-state index in [1.807, 2.05) is 0 Å². The van der Waals surface area contributed by atoms with Gasteiger partial charge in [0.15, 0.2) is 0 Å². The molecule has 0 aliphatic carbocycles. The Bertz CT molecular complexity index is 544. The molecule has 6 heteroatoms. The largest absolute Gasteiger partial charge is 0.394 e. The fraction of sp³-hybridized carbons (Fsp3) is 0.467. The Morgan fingerprint density at radius 2 is 2.05 bits per heavy atom. The Morgan fingerprint density at radius 3 is 2.67 bits per heavy atom. The molecule has 0 radical (unpaired) electrons. The van der Waals surface area contributed by atoms with Crippen LogP contribution in [0.4, 0.5) is 5.69 Å². The van der Waals surface area contributed by atoms with Crippen molar-refractivity contribution in [3.05, 3.63) is 29.3 Å². The molecule has 0 saturated carbocycles. The normalized spacial score (nSPS) is 14.3. The number of aliphatic hydroxyl groups excluding tert-OH is 2. The maximum atomic E-state index is 12.3. The van der Waals surface area contributed by atoms with Crippen molar-refractivity contribution in [3.8, 4) is 0 Å². The third kappa shape index (κ3) is 3.22. The molecule has 1 aromatic rings. The Morgan fingerprint density at radius 1 is 1.33 bits per heavy atom. The van der Waals surface area contributed by atoms with Crippen LogP contribution in [-0.4, -0.2) is 40.8 Å². The number of fused-ring (bicyclic) bond motifs is 1. The average molecular weight is 292 g/mol. The van der Waals surface area contributed by atoms with Gasteiger partial charge in [-0.05, 0) is 36.6 Å². The van der Waals surface area contributed by atoms with E-state index in [0.29, 0.717) is 24.8 Å². The zero-order valence-corrected chi connectivity index (χ0v) is 12.0. The number of anilines is 1. The fourth-order valence-electron chi connectivity index (χ4n) is 2.28. The predicted molar refractivity (Wildman–Crippen MR) is 78.1 cm³/mol. The van der Waals surface area contributed by atoms with Crippen molar-refractivity contribution in [2.24, 2.45) is 0 Å². The van der Waals surface area contributed by atoms with Crippen molar-refractivity contribution in [1.29, 1.82) is 0 Å². The number of nitrogens with one attached hydrogen (secondary N) is 2. The first-order chi connectivity index (χ1) is 10.0. The SMILES string of the molecule is CCC(CO)(CO)NC(=O)c1ccc2c(c1)CCC(=O)N2. The van der Waals surface area contributed by atoms with E-state index in [4.69, 9.17) is 0 Å². The first kappa shape index (κ1) is 15.5. The predicted octanol–water partition coefficient (Wildman–Crippen LogP) is 0.434. The van der Waals surface area contributed by atoms with Crippen LogP contribution < -0.4 is 10.6 Å². The molecule has 2 rings (SSSR count). The molecule has 1 aliphatic rings. The van der Waals surface area contributed by atoms with Gasteiger partial charge in [0.1, 0.15) is 0 Å². The van der Waals surface area contributed by atoms with Crippen LogP contribution in [0.15, 0.2) is 18.2 Å². The summed E-state index contributed by atoms with van der Waals surface area (Å²) in [7, 11) is 0.